The number of ketones is 1. The van der Waals surface area contributed by atoms with Crippen molar-refractivity contribution < 1.29 is 14.3 Å². The Balaban J connectivity index is 2.15. The van der Waals surface area contributed by atoms with Gasteiger partial charge in [-0.3, -0.25) is 9.59 Å². The van der Waals surface area contributed by atoms with Crippen LogP contribution in [-0.2, 0) is 4.74 Å². The Kier molecular flexibility index (Phi) is 2.94. The minimum atomic E-state index is -0.736. The summed E-state index contributed by atoms with van der Waals surface area (Å²) in [5.74, 6) is -0.0830. The summed E-state index contributed by atoms with van der Waals surface area (Å²) >= 11 is 0. The highest BCUT2D eigenvalue weighted by Gasteiger charge is 2.58. The van der Waals surface area contributed by atoms with Crippen molar-refractivity contribution in [3.05, 3.63) is 47.5 Å². The van der Waals surface area contributed by atoms with E-state index in [-0.39, 0.29) is 11.9 Å². The number of ether oxygens (including phenoxy) is 1. The van der Waals surface area contributed by atoms with Gasteiger partial charge in [0.1, 0.15) is 0 Å². The van der Waals surface area contributed by atoms with Crippen molar-refractivity contribution in [1.29, 1.82) is 0 Å². The average Bonchev–Trinajstić information content (AvgIpc) is 3.16. The maximum Gasteiger partial charge on any atom is 0.198 e. The fourth-order valence-electron chi connectivity index (χ4n) is 2.83. The number of Topliss-reactive ketones (excluding diaryl/α,β-unsaturated/α-hetero) is 1. The van der Waals surface area contributed by atoms with Gasteiger partial charge in [-0.25, -0.2) is 0 Å². The first-order chi connectivity index (χ1) is 9.62. The Bertz CT molecular complexity index is 700. The van der Waals surface area contributed by atoms with E-state index in [2.05, 4.69) is 0 Å². The highest BCUT2D eigenvalue weighted by molar-refractivity contribution is 6.11. The van der Waals surface area contributed by atoms with Gasteiger partial charge in [0.05, 0.1) is 6.10 Å². The summed E-state index contributed by atoms with van der Waals surface area (Å²) in [5, 5.41) is 1.92. The van der Waals surface area contributed by atoms with E-state index in [9.17, 15) is 9.59 Å². The molecule has 2 aromatic carbocycles. The van der Waals surface area contributed by atoms with E-state index >= 15 is 0 Å². The van der Waals surface area contributed by atoms with Crippen molar-refractivity contribution in [3.63, 3.8) is 0 Å². The van der Waals surface area contributed by atoms with Crippen LogP contribution < -0.4 is 0 Å². The van der Waals surface area contributed by atoms with Crippen LogP contribution in [0.4, 0.5) is 0 Å². The molecule has 0 radical (unpaired) electrons. The molecule has 3 rings (SSSR count). The van der Waals surface area contributed by atoms with E-state index in [1.165, 1.54) is 0 Å². The summed E-state index contributed by atoms with van der Waals surface area (Å²) in [5.41, 5.74) is 0.161. The Morgan fingerprint density at radius 2 is 1.90 bits per heavy atom. The molecule has 0 saturated carbocycles. The van der Waals surface area contributed by atoms with Crippen molar-refractivity contribution in [1.82, 2.24) is 0 Å². The predicted molar refractivity (Wildman–Crippen MR) is 77.2 cm³/mol. The first kappa shape index (κ1) is 13.0. The number of epoxide rings is 1. The van der Waals surface area contributed by atoms with Crippen LogP contribution in [0.25, 0.3) is 10.8 Å². The van der Waals surface area contributed by atoms with Gasteiger partial charge >= 0.3 is 0 Å². The maximum absolute atomic E-state index is 12.7. The highest BCUT2D eigenvalue weighted by atomic mass is 16.6. The molecule has 2 aromatic rings. The van der Waals surface area contributed by atoms with Crippen LogP contribution >= 0.6 is 0 Å². The van der Waals surface area contributed by atoms with Gasteiger partial charge in [0.15, 0.2) is 17.7 Å². The van der Waals surface area contributed by atoms with Gasteiger partial charge in [0.2, 0.25) is 0 Å². The third-order valence-corrected chi connectivity index (χ3v) is 4.19. The molecule has 1 aliphatic rings. The van der Waals surface area contributed by atoms with Crippen LogP contribution in [0.3, 0.4) is 0 Å². The van der Waals surface area contributed by atoms with Crippen molar-refractivity contribution in [2.75, 3.05) is 0 Å². The molecule has 0 aromatic heterocycles. The molecule has 0 N–H and O–H groups in total. The van der Waals surface area contributed by atoms with Crippen LogP contribution in [0.5, 0.6) is 0 Å². The van der Waals surface area contributed by atoms with Gasteiger partial charge < -0.3 is 4.74 Å². The van der Waals surface area contributed by atoms with Gasteiger partial charge in [-0.15, -0.1) is 0 Å². The SMILES string of the molecule is CCC1(C(=O)c2cc3ccccc3cc2C=O)OC1C. The Morgan fingerprint density at radius 3 is 2.40 bits per heavy atom. The molecule has 0 spiro atoms. The third kappa shape index (κ3) is 1.78. The topological polar surface area (TPSA) is 46.7 Å². The van der Waals surface area contributed by atoms with Gasteiger partial charge in [-0.1, -0.05) is 31.2 Å². The quantitative estimate of drug-likeness (QED) is 0.485. The number of benzene rings is 2. The van der Waals surface area contributed by atoms with Crippen LogP contribution in [0.15, 0.2) is 36.4 Å². The number of rotatable bonds is 4. The second-order valence-corrected chi connectivity index (χ2v) is 5.24. The molecular weight excluding hydrogens is 252 g/mol. The monoisotopic (exact) mass is 268 g/mol. The molecule has 3 nitrogen and oxygen atoms in total. The van der Waals surface area contributed by atoms with Crippen LogP contribution in [0.1, 0.15) is 41.0 Å². The predicted octanol–water partition coefficient (Wildman–Crippen LogP) is 3.40. The fraction of sp³-hybridized carbons (Fsp3) is 0.294. The number of carbonyl (C=O) groups excluding carboxylic acids is 2. The lowest BCUT2D eigenvalue weighted by molar-refractivity contribution is 0.0865. The lowest BCUT2D eigenvalue weighted by atomic mass is 9.88. The van der Waals surface area contributed by atoms with E-state index in [0.717, 1.165) is 17.1 Å². The summed E-state index contributed by atoms with van der Waals surface area (Å²) < 4.78 is 5.52. The summed E-state index contributed by atoms with van der Waals surface area (Å²) in [7, 11) is 0. The normalized spacial score (nSPS) is 24.6. The molecule has 1 saturated heterocycles. The zero-order chi connectivity index (χ0) is 14.3. The Labute approximate surface area is 117 Å². The zero-order valence-electron chi connectivity index (χ0n) is 11.6. The molecule has 0 bridgehead atoms. The molecule has 0 aliphatic carbocycles. The molecule has 102 valence electrons. The molecule has 2 atom stereocenters. The number of aldehydes is 1. The molecule has 2 unspecified atom stereocenters. The molecule has 20 heavy (non-hydrogen) atoms. The van der Waals surface area contributed by atoms with Gasteiger partial charge in [-0.05, 0) is 36.2 Å². The van der Waals surface area contributed by atoms with Crippen molar-refractivity contribution in [2.45, 2.75) is 32.0 Å². The lowest BCUT2D eigenvalue weighted by Crippen LogP contribution is -2.27. The van der Waals surface area contributed by atoms with Gasteiger partial charge in [0.25, 0.3) is 0 Å². The van der Waals surface area contributed by atoms with Crippen molar-refractivity contribution >= 4 is 22.8 Å². The first-order valence-electron chi connectivity index (χ1n) is 6.83. The summed E-state index contributed by atoms with van der Waals surface area (Å²) in [6, 6.07) is 11.3. The van der Waals surface area contributed by atoms with E-state index in [0.29, 0.717) is 17.5 Å². The zero-order valence-corrected chi connectivity index (χ0v) is 11.6. The van der Waals surface area contributed by atoms with Crippen LogP contribution in [0.2, 0.25) is 0 Å². The van der Waals surface area contributed by atoms with Crippen molar-refractivity contribution in [2.24, 2.45) is 0 Å². The number of hydrogen-bond donors (Lipinski definition) is 0. The molecule has 1 fully saturated rings. The van der Waals surface area contributed by atoms with E-state index in [1.807, 2.05) is 38.1 Å². The standard InChI is InChI=1S/C17H16O3/c1-3-17(11(2)20-17)16(19)15-9-13-7-5-4-6-12(13)8-14(15)10-18/h4-11H,3H2,1-2H3. The first-order valence-corrected chi connectivity index (χ1v) is 6.83. The Hall–Kier alpha value is -2.00. The Morgan fingerprint density at radius 1 is 1.30 bits per heavy atom. The third-order valence-electron chi connectivity index (χ3n) is 4.19. The van der Waals surface area contributed by atoms with Crippen LogP contribution in [0, 0.1) is 0 Å². The largest absolute Gasteiger partial charge is 0.358 e. The molecule has 0 amide bonds. The smallest absolute Gasteiger partial charge is 0.198 e. The molecule has 1 aliphatic heterocycles. The number of fused-ring (bicyclic) bond motifs is 1. The lowest BCUT2D eigenvalue weighted by Gasteiger charge is -2.12. The van der Waals surface area contributed by atoms with Gasteiger partial charge in [0, 0.05) is 11.1 Å². The summed E-state index contributed by atoms with van der Waals surface area (Å²) in [4.78, 5) is 24.0. The number of hydrogen-bond acceptors (Lipinski definition) is 3. The van der Waals surface area contributed by atoms with Crippen molar-refractivity contribution in [3.8, 4) is 0 Å². The van der Waals surface area contributed by atoms with Crippen LogP contribution in [-0.4, -0.2) is 23.8 Å². The van der Waals surface area contributed by atoms with Gasteiger partial charge in [-0.2, -0.15) is 0 Å². The average molecular weight is 268 g/mol. The molecule has 1 heterocycles. The second kappa shape index (κ2) is 4.53. The number of carbonyl (C=O) groups is 2. The minimum absolute atomic E-state index is 0.0778. The summed E-state index contributed by atoms with van der Waals surface area (Å²) in [6.45, 7) is 3.83. The van der Waals surface area contributed by atoms with E-state index in [4.69, 9.17) is 4.74 Å². The van der Waals surface area contributed by atoms with E-state index < -0.39 is 5.60 Å². The summed E-state index contributed by atoms with van der Waals surface area (Å²) in [6.07, 6.45) is 1.29. The fourth-order valence-corrected chi connectivity index (χ4v) is 2.83. The maximum atomic E-state index is 12.7. The van der Waals surface area contributed by atoms with E-state index in [1.54, 1.807) is 12.1 Å². The second-order valence-electron chi connectivity index (χ2n) is 5.24. The molecule has 3 heteroatoms. The highest BCUT2D eigenvalue weighted by Crippen LogP contribution is 2.42. The minimum Gasteiger partial charge on any atom is -0.358 e. The molecular formula is C17H16O3.